The molecule has 0 aliphatic carbocycles. The molecular formula is C11H8NO. The van der Waals surface area contributed by atoms with Gasteiger partial charge in [0.1, 0.15) is 11.5 Å². The van der Waals surface area contributed by atoms with Crippen LogP contribution in [0.4, 0.5) is 0 Å². The fourth-order valence-corrected chi connectivity index (χ4v) is 0.975. The predicted octanol–water partition coefficient (Wildman–Crippen LogP) is 2.67. The third-order valence-corrected chi connectivity index (χ3v) is 1.54. The topological polar surface area (TPSA) is 22.1 Å². The van der Waals surface area contributed by atoms with Crippen molar-refractivity contribution in [2.75, 3.05) is 0 Å². The molecule has 0 atom stereocenters. The maximum Gasteiger partial charge on any atom is 0.145 e. The molecule has 2 heteroatoms. The molecule has 0 saturated carbocycles. The summed E-state index contributed by atoms with van der Waals surface area (Å²) in [6.45, 7) is 0. The highest BCUT2D eigenvalue weighted by atomic mass is 16.5. The van der Waals surface area contributed by atoms with E-state index in [9.17, 15) is 0 Å². The number of ether oxygens (including phenoxy) is 1. The molecule has 1 aromatic carbocycles. The van der Waals surface area contributed by atoms with E-state index < -0.39 is 0 Å². The van der Waals surface area contributed by atoms with Crippen LogP contribution in [0.1, 0.15) is 0 Å². The summed E-state index contributed by atoms with van der Waals surface area (Å²) in [7, 11) is 0. The molecule has 0 amide bonds. The summed E-state index contributed by atoms with van der Waals surface area (Å²) in [5.41, 5.74) is 0. The molecule has 1 aromatic heterocycles. The van der Waals surface area contributed by atoms with Gasteiger partial charge in [0.2, 0.25) is 0 Å². The van der Waals surface area contributed by atoms with Crippen molar-refractivity contribution in [3.8, 4) is 11.5 Å². The van der Waals surface area contributed by atoms with Gasteiger partial charge in [0.05, 0.1) is 6.20 Å². The molecule has 0 unspecified atom stereocenters. The largest absolute Gasteiger partial charge is 0.455 e. The van der Waals surface area contributed by atoms with Gasteiger partial charge in [0.15, 0.2) is 0 Å². The van der Waals surface area contributed by atoms with Gasteiger partial charge in [-0.1, -0.05) is 18.2 Å². The lowest BCUT2D eigenvalue weighted by molar-refractivity contribution is 0.479. The monoisotopic (exact) mass is 170 g/mol. The van der Waals surface area contributed by atoms with Crippen LogP contribution >= 0.6 is 0 Å². The van der Waals surface area contributed by atoms with Crippen LogP contribution in [0.3, 0.4) is 0 Å². The van der Waals surface area contributed by atoms with E-state index in [1.807, 2.05) is 36.4 Å². The van der Waals surface area contributed by atoms with Crippen LogP contribution in [-0.2, 0) is 0 Å². The highest BCUT2D eigenvalue weighted by Gasteiger charge is 1.93. The van der Waals surface area contributed by atoms with E-state index in [0.29, 0.717) is 5.75 Å². The first-order valence-electron chi connectivity index (χ1n) is 4.00. The van der Waals surface area contributed by atoms with Crippen molar-refractivity contribution in [3.63, 3.8) is 0 Å². The fourth-order valence-electron chi connectivity index (χ4n) is 0.975. The van der Waals surface area contributed by atoms with Gasteiger partial charge >= 0.3 is 0 Å². The summed E-state index contributed by atoms with van der Waals surface area (Å²) in [4.78, 5) is 3.94. The second kappa shape index (κ2) is 3.72. The number of rotatable bonds is 2. The van der Waals surface area contributed by atoms with Gasteiger partial charge in [-0.15, -0.1) is 0 Å². The minimum atomic E-state index is 0.704. The third-order valence-electron chi connectivity index (χ3n) is 1.54. The molecule has 2 aromatic rings. The molecule has 0 N–H and O–H groups in total. The Labute approximate surface area is 76.8 Å². The SMILES string of the molecule is [c]1ccccc1Oc1cccnc1. The lowest BCUT2D eigenvalue weighted by Crippen LogP contribution is -1.83. The standard InChI is InChI=1S/C11H8NO/c1-2-5-10(6-3-1)13-11-7-4-8-12-9-11/h1-5,7-9H. The average Bonchev–Trinajstić information content (AvgIpc) is 2.21. The summed E-state index contributed by atoms with van der Waals surface area (Å²) < 4.78 is 5.46. The molecule has 1 heterocycles. The lowest BCUT2D eigenvalue weighted by atomic mass is 10.3. The van der Waals surface area contributed by atoms with Crippen molar-refractivity contribution in [1.82, 2.24) is 4.98 Å². The molecule has 0 aliphatic heterocycles. The second-order valence-corrected chi connectivity index (χ2v) is 2.52. The number of hydrogen-bond acceptors (Lipinski definition) is 2. The number of para-hydroxylation sites is 1. The number of pyridine rings is 1. The van der Waals surface area contributed by atoms with E-state index >= 15 is 0 Å². The van der Waals surface area contributed by atoms with Gasteiger partial charge in [0.25, 0.3) is 0 Å². The molecule has 13 heavy (non-hydrogen) atoms. The predicted molar refractivity (Wildman–Crippen MR) is 49.6 cm³/mol. The van der Waals surface area contributed by atoms with Crippen LogP contribution in [-0.4, -0.2) is 4.98 Å². The van der Waals surface area contributed by atoms with Gasteiger partial charge < -0.3 is 4.74 Å². The van der Waals surface area contributed by atoms with Crippen LogP contribution < -0.4 is 4.74 Å². The first-order valence-corrected chi connectivity index (χ1v) is 4.00. The Hall–Kier alpha value is -1.83. The summed E-state index contributed by atoms with van der Waals surface area (Å²) in [6.07, 6.45) is 3.38. The van der Waals surface area contributed by atoms with Crippen LogP contribution in [0.25, 0.3) is 0 Å². The summed E-state index contributed by atoms with van der Waals surface area (Å²) >= 11 is 0. The summed E-state index contributed by atoms with van der Waals surface area (Å²) in [6, 6.07) is 14.1. The Morgan fingerprint density at radius 3 is 2.85 bits per heavy atom. The molecular weight excluding hydrogens is 162 g/mol. The van der Waals surface area contributed by atoms with Crippen molar-refractivity contribution in [2.24, 2.45) is 0 Å². The van der Waals surface area contributed by atoms with Gasteiger partial charge in [-0.05, 0) is 18.2 Å². The van der Waals surface area contributed by atoms with Crippen molar-refractivity contribution < 1.29 is 4.74 Å². The quantitative estimate of drug-likeness (QED) is 0.691. The van der Waals surface area contributed by atoms with Gasteiger partial charge in [-0.25, -0.2) is 0 Å². The Balaban J connectivity index is 2.16. The van der Waals surface area contributed by atoms with Gasteiger partial charge in [-0.3, -0.25) is 4.98 Å². The smallest absolute Gasteiger partial charge is 0.145 e. The Morgan fingerprint density at radius 1 is 1.15 bits per heavy atom. The average molecular weight is 170 g/mol. The van der Waals surface area contributed by atoms with E-state index in [2.05, 4.69) is 11.1 Å². The minimum absolute atomic E-state index is 0.704. The first-order chi connectivity index (χ1) is 6.45. The van der Waals surface area contributed by atoms with E-state index in [4.69, 9.17) is 4.74 Å². The minimum Gasteiger partial charge on any atom is -0.455 e. The van der Waals surface area contributed by atoms with Gasteiger partial charge in [0, 0.05) is 12.3 Å². The highest BCUT2D eigenvalue weighted by molar-refractivity contribution is 5.27. The fraction of sp³-hybridized carbons (Fsp3) is 0. The molecule has 0 aliphatic rings. The van der Waals surface area contributed by atoms with Crippen molar-refractivity contribution >= 4 is 0 Å². The Kier molecular flexibility index (Phi) is 2.23. The molecule has 2 nitrogen and oxygen atoms in total. The molecule has 1 radical (unpaired) electrons. The zero-order chi connectivity index (χ0) is 8.93. The second-order valence-electron chi connectivity index (χ2n) is 2.52. The summed E-state index contributed by atoms with van der Waals surface area (Å²) in [5, 5.41) is 0. The zero-order valence-electron chi connectivity index (χ0n) is 6.97. The van der Waals surface area contributed by atoms with E-state index in [1.165, 1.54) is 0 Å². The number of aromatic nitrogens is 1. The molecule has 0 fully saturated rings. The van der Waals surface area contributed by atoms with Gasteiger partial charge in [-0.2, -0.15) is 0 Å². The zero-order valence-corrected chi connectivity index (χ0v) is 6.97. The Bertz CT molecular complexity index is 321. The number of nitrogens with zero attached hydrogens (tertiary/aromatic N) is 1. The number of benzene rings is 1. The molecule has 0 spiro atoms. The van der Waals surface area contributed by atoms with Crippen LogP contribution in [0.2, 0.25) is 0 Å². The highest BCUT2D eigenvalue weighted by Crippen LogP contribution is 2.17. The maximum atomic E-state index is 5.46. The summed E-state index contributed by atoms with van der Waals surface area (Å²) in [5.74, 6) is 1.43. The van der Waals surface area contributed by atoms with Crippen molar-refractivity contribution in [1.29, 1.82) is 0 Å². The molecule has 63 valence electrons. The van der Waals surface area contributed by atoms with E-state index in [0.717, 1.165) is 5.75 Å². The van der Waals surface area contributed by atoms with Crippen LogP contribution in [0.5, 0.6) is 11.5 Å². The van der Waals surface area contributed by atoms with E-state index in [1.54, 1.807) is 12.4 Å². The van der Waals surface area contributed by atoms with Crippen molar-refractivity contribution in [3.05, 3.63) is 54.9 Å². The molecule has 0 saturated heterocycles. The molecule has 0 bridgehead atoms. The lowest BCUT2D eigenvalue weighted by Gasteiger charge is -2.02. The maximum absolute atomic E-state index is 5.46. The molecule has 2 rings (SSSR count). The third kappa shape index (κ3) is 2.06. The number of hydrogen-bond donors (Lipinski definition) is 0. The van der Waals surface area contributed by atoms with Crippen LogP contribution in [0.15, 0.2) is 48.8 Å². The van der Waals surface area contributed by atoms with Crippen molar-refractivity contribution in [2.45, 2.75) is 0 Å². The van der Waals surface area contributed by atoms with E-state index in [-0.39, 0.29) is 0 Å². The normalized spacial score (nSPS) is 9.54. The Morgan fingerprint density at radius 2 is 2.15 bits per heavy atom. The van der Waals surface area contributed by atoms with Crippen LogP contribution in [0, 0.1) is 6.07 Å². The first kappa shape index (κ1) is 7.80.